The van der Waals surface area contributed by atoms with Crippen molar-refractivity contribution in [2.24, 2.45) is 5.73 Å². The molecule has 0 unspecified atom stereocenters. The van der Waals surface area contributed by atoms with Gasteiger partial charge in [0.2, 0.25) is 11.8 Å². The van der Waals surface area contributed by atoms with Crippen molar-refractivity contribution in [3.05, 3.63) is 51.9 Å². The molecule has 0 saturated carbocycles. The topological polar surface area (TPSA) is 127 Å². The third kappa shape index (κ3) is 6.30. The van der Waals surface area contributed by atoms with Crippen molar-refractivity contribution in [2.75, 3.05) is 12.9 Å². The molecular weight excluding hydrogens is 344 g/mol. The fraction of sp³-hybridized carbons (Fsp3) is 0.250. The molecule has 25 heavy (non-hydrogen) atoms. The first-order valence-corrected chi connectivity index (χ1v) is 8.36. The molecule has 0 fully saturated rings. The van der Waals surface area contributed by atoms with E-state index in [1.165, 1.54) is 6.07 Å². The molecular formula is C16H18N4O4S. The zero-order valence-electron chi connectivity index (χ0n) is 13.6. The maximum absolute atomic E-state index is 12.1. The van der Waals surface area contributed by atoms with Gasteiger partial charge in [-0.25, -0.2) is 4.98 Å². The van der Waals surface area contributed by atoms with Crippen molar-refractivity contribution in [3.8, 4) is 5.75 Å². The van der Waals surface area contributed by atoms with Crippen molar-refractivity contribution in [2.45, 2.75) is 18.1 Å². The second-order valence-corrected chi connectivity index (χ2v) is 6.07. The molecule has 8 nitrogen and oxygen atoms in total. The fourth-order valence-electron chi connectivity index (χ4n) is 1.99. The Morgan fingerprint density at radius 3 is 2.88 bits per heavy atom. The number of rotatable bonds is 8. The van der Waals surface area contributed by atoms with Gasteiger partial charge in [0.15, 0.2) is 5.16 Å². The maximum Gasteiger partial charge on any atom is 0.251 e. The number of amides is 2. The van der Waals surface area contributed by atoms with Crippen LogP contribution < -0.4 is 21.3 Å². The van der Waals surface area contributed by atoms with E-state index in [1.54, 1.807) is 7.11 Å². The van der Waals surface area contributed by atoms with Crippen LogP contribution in [-0.2, 0) is 22.6 Å². The van der Waals surface area contributed by atoms with E-state index in [-0.39, 0.29) is 23.2 Å². The molecule has 0 spiro atoms. The summed E-state index contributed by atoms with van der Waals surface area (Å²) >= 11 is 1.01. The van der Waals surface area contributed by atoms with Crippen LogP contribution >= 0.6 is 11.8 Å². The van der Waals surface area contributed by atoms with Gasteiger partial charge in [0.1, 0.15) is 5.75 Å². The normalized spacial score (nSPS) is 10.3. The summed E-state index contributed by atoms with van der Waals surface area (Å²) in [6.45, 7) is 0.336. The van der Waals surface area contributed by atoms with Gasteiger partial charge >= 0.3 is 0 Å². The van der Waals surface area contributed by atoms with Crippen molar-refractivity contribution < 1.29 is 14.3 Å². The number of benzene rings is 1. The summed E-state index contributed by atoms with van der Waals surface area (Å²) < 4.78 is 5.13. The Hall–Kier alpha value is -2.81. The number of carbonyl (C=O) groups is 2. The summed E-state index contributed by atoms with van der Waals surface area (Å²) in [5.41, 5.74) is 5.88. The molecule has 1 aromatic heterocycles. The van der Waals surface area contributed by atoms with Crippen molar-refractivity contribution >= 4 is 23.6 Å². The number of nitrogens with two attached hydrogens (primary N) is 1. The third-order valence-electron chi connectivity index (χ3n) is 3.09. The van der Waals surface area contributed by atoms with Gasteiger partial charge in [0, 0.05) is 12.6 Å². The highest BCUT2D eigenvalue weighted by Gasteiger charge is 2.09. The van der Waals surface area contributed by atoms with Crippen LogP contribution in [0.15, 0.2) is 40.3 Å². The molecule has 2 amide bonds. The van der Waals surface area contributed by atoms with Crippen LogP contribution in [0.4, 0.5) is 0 Å². The molecule has 2 aromatic rings. The van der Waals surface area contributed by atoms with Crippen LogP contribution in [-0.4, -0.2) is 34.6 Å². The summed E-state index contributed by atoms with van der Waals surface area (Å²) in [6.07, 6.45) is -0.0436. The molecule has 0 aliphatic rings. The number of hydrogen-bond donors (Lipinski definition) is 3. The number of H-pyrrole nitrogens is 1. The number of thioether (sulfide) groups is 1. The highest BCUT2D eigenvalue weighted by molar-refractivity contribution is 7.99. The molecule has 0 aliphatic heterocycles. The Morgan fingerprint density at radius 2 is 2.16 bits per heavy atom. The highest BCUT2D eigenvalue weighted by atomic mass is 32.2. The van der Waals surface area contributed by atoms with Crippen molar-refractivity contribution in [3.63, 3.8) is 0 Å². The van der Waals surface area contributed by atoms with E-state index in [0.29, 0.717) is 18.0 Å². The van der Waals surface area contributed by atoms with Crippen LogP contribution in [0.3, 0.4) is 0 Å². The minimum atomic E-state index is -0.519. The average molecular weight is 362 g/mol. The second kappa shape index (κ2) is 8.88. The van der Waals surface area contributed by atoms with Crippen LogP contribution in [0.5, 0.6) is 5.75 Å². The Bertz CT molecular complexity index is 822. The van der Waals surface area contributed by atoms with Gasteiger partial charge in [-0.2, -0.15) is 0 Å². The number of nitrogens with zero attached hydrogens (tertiary/aromatic N) is 1. The molecule has 0 aliphatic carbocycles. The first kappa shape index (κ1) is 18.5. The highest BCUT2D eigenvalue weighted by Crippen LogP contribution is 2.12. The summed E-state index contributed by atoms with van der Waals surface area (Å²) in [4.78, 5) is 41.1. The Labute approximate surface area is 148 Å². The fourth-order valence-corrected chi connectivity index (χ4v) is 2.63. The third-order valence-corrected chi connectivity index (χ3v) is 3.99. The maximum atomic E-state index is 12.1. The van der Waals surface area contributed by atoms with Gasteiger partial charge in [-0.05, 0) is 17.7 Å². The first-order chi connectivity index (χ1) is 12.0. The quantitative estimate of drug-likeness (QED) is 0.455. The Balaban J connectivity index is 1.95. The largest absolute Gasteiger partial charge is 0.497 e. The standard InChI is InChI=1S/C16H18N4O4S/c1-24-12-4-2-3-10(5-12)8-18-14(22)6-11-7-15(23)20-16(19-11)25-9-13(17)21/h2-5,7H,6,8-9H2,1H3,(H2,17,21)(H,18,22)(H,19,20,23). The minimum absolute atomic E-state index is 0.00553. The lowest BCUT2D eigenvalue weighted by atomic mass is 10.2. The Kier molecular flexibility index (Phi) is 6.58. The number of aromatic nitrogens is 2. The summed E-state index contributed by atoms with van der Waals surface area (Å²) in [5.74, 6) is -0.0889. The molecule has 132 valence electrons. The molecule has 0 saturated heterocycles. The predicted octanol–water partition coefficient (Wildman–Crippen LogP) is 0.215. The van der Waals surface area contributed by atoms with Gasteiger partial charge in [0.25, 0.3) is 5.56 Å². The van der Waals surface area contributed by atoms with Crippen LogP contribution in [0, 0.1) is 0 Å². The molecule has 9 heteroatoms. The molecule has 0 atom stereocenters. The smallest absolute Gasteiger partial charge is 0.251 e. The van der Waals surface area contributed by atoms with Gasteiger partial charge < -0.3 is 20.8 Å². The summed E-state index contributed by atoms with van der Waals surface area (Å²) in [7, 11) is 1.57. The van der Waals surface area contributed by atoms with E-state index in [0.717, 1.165) is 17.3 Å². The predicted molar refractivity (Wildman–Crippen MR) is 93.3 cm³/mol. The molecule has 1 heterocycles. The molecule has 0 bridgehead atoms. The SMILES string of the molecule is COc1cccc(CNC(=O)Cc2cc(=O)[nH]c(SCC(N)=O)n2)c1. The molecule has 1 aromatic carbocycles. The first-order valence-electron chi connectivity index (χ1n) is 7.37. The van der Waals surface area contributed by atoms with Gasteiger partial charge in [-0.3, -0.25) is 14.4 Å². The number of hydrogen-bond acceptors (Lipinski definition) is 6. The number of methoxy groups -OCH3 is 1. The van der Waals surface area contributed by atoms with E-state index in [1.807, 2.05) is 24.3 Å². The lowest BCUT2D eigenvalue weighted by Gasteiger charge is -2.07. The van der Waals surface area contributed by atoms with Crippen molar-refractivity contribution in [1.29, 1.82) is 0 Å². The average Bonchev–Trinajstić information content (AvgIpc) is 2.58. The molecule has 2 rings (SSSR count). The Morgan fingerprint density at radius 1 is 1.36 bits per heavy atom. The van der Waals surface area contributed by atoms with E-state index >= 15 is 0 Å². The van der Waals surface area contributed by atoms with Gasteiger partial charge in [0.05, 0.1) is 25.0 Å². The number of ether oxygens (including phenoxy) is 1. The van der Waals surface area contributed by atoms with Crippen LogP contribution in [0.1, 0.15) is 11.3 Å². The summed E-state index contributed by atoms with van der Waals surface area (Å²) in [6, 6.07) is 8.59. The van der Waals surface area contributed by atoms with Crippen LogP contribution in [0.25, 0.3) is 0 Å². The zero-order valence-corrected chi connectivity index (χ0v) is 14.4. The lowest BCUT2D eigenvalue weighted by molar-refractivity contribution is -0.120. The van der Waals surface area contributed by atoms with E-state index in [2.05, 4.69) is 15.3 Å². The van der Waals surface area contributed by atoms with Gasteiger partial charge in [-0.1, -0.05) is 23.9 Å². The van der Waals surface area contributed by atoms with Crippen molar-refractivity contribution in [1.82, 2.24) is 15.3 Å². The number of aromatic amines is 1. The number of primary amides is 1. The number of nitrogens with one attached hydrogen (secondary N) is 2. The molecule has 4 N–H and O–H groups in total. The second-order valence-electron chi connectivity index (χ2n) is 5.10. The van der Waals surface area contributed by atoms with E-state index in [4.69, 9.17) is 10.5 Å². The minimum Gasteiger partial charge on any atom is -0.497 e. The number of carbonyl (C=O) groups excluding carboxylic acids is 2. The monoisotopic (exact) mass is 362 g/mol. The van der Waals surface area contributed by atoms with Gasteiger partial charge in [-0.15, -0.1) is 0 Å². The zero-order chi connectivity index (χ0) is 18.2. The van der Waals surface area contributed by atoms with E-state index < -0.39 is 11.5 Å². The summed E-state index contributed by atoms with van der Waals surface area (Å²) in [5, 5.41) is 3.01. The molecule has 0 radical (unpaired) electrons. The van der Waals surface area contributed by atoms with Crippen LogP contribution in [0.2, 0.25) is 0 Å². The van der Waals surface area contributed by atoms with E-state index in [9.17, 15) is 14.4 Å². The lowest BCUT2D eigenvalue weighted by Crippen LogP contribution is -2.26.